The molecule has 0 bridgehead atoms. The van der Waals surface area contributed by atoms with Crippen LogP contribution in [0.5, 0.6) is 0 Å². The summed E-state index contributed by atoms with van der Waals surface area (Å²) < 4.78 is 43.2. The molecule has 1 aromatic carbocycles. The van der Waals surface area contributed by atoms with Crippen molar-refractivity contribution in [1.29, 1.82) is 0 Å². The quantitative estimate of drug-likeness (QED) is 0.853. The lowest BCUT2D eigenvalue weighted by Gasteiger charge is -2.23. The van der Waals surface area contributed by atoms with E-state index in [2.05, 4.69) is 5.32 Å². The number of carboxylic acid groups (broad SMARTS) is 1. The van der Waals surface area contributed by atoms with Crippen molar-refractivity contribution in [1.82, 2.24) is 5.32 Å². The summed E-state index contributed by atoms with van der Waals surface area (Å²) >= 11 is 0. The summed E-state index contributed by atoms with van der Waals surface area (Å²) in [6.45, 7) is 4.93. The van der Waals surface area contributed by atoms with E-state index in [-0.39, 0.29) is 12.0 Å². The van der Waals surface area contributed by atoms with Crippen LogP contribution < -0.4 is 5.32 Å². The van der Waals surface area contributed by atoms with Gasteiger partial charge in [0.1, 0.15) is 5.60 Å². The number of benzene rings is 1. The van der Waals surface area contributed by atoms with Crippen LogP contribution in [0.2, 0.25) is 0 Å². The fraction of sp³-hybridized carbons (Fsp3) is 0.500. The van der Waals surface area contributed by atoms with E-state index >= 15 is 0 Å². The lowest BCUT2D eigenvalue weighted by atomic mass is 10.0. The Morgan fingerprint density at radius 2 is 1.88 bits per heavy atom. The van der Waals surface area contributed by atoms with Gasteiger partial charge in [-0.25, -0.2) is 4.79 Å². The van der Waals surface area contributed by atoms with Gasteiger partial charge in [0.25, 0.3) is 0 Å². The molecule has 24 heavy (non-hydrogen) atoms. The Balaban J connectivity index is 2.87. The van der Waals surface area contributed by atoms with Gasteiger partial charge in [0.15, 0.2) is 0 Å². The third-order valence-corrected chi connectivity index (χ3v) is 2.88. The smallest absolute Gasteiger partial charge is 0.416 e. The lowest BCUT2D eigenvalue weighted by molar-refractivity contribution is -0.138. The van der Waals surface area contributed by atoms with E-state index in [9.17, 15) is 22.8 Å². The number of hydrogen-bond donors (Lipinski definition) is 2. The molecule has 8 heteroatoms. The Hall–Kier alpha value is -2.25. The van der Waals surface area contributed by atoms with E-state index in [0.717, 1.165) is 12.1 Å². The molecule has 0 aliphatic carbocycles. The van der Waals surface area contributed by atoms with Gasteiger partial charge in [0.2, 0.25) is 0 Å². The fourth-order valence-corrected chi connectivity index (χ4v) is 2.02. The van der Waals surface area contributed by atoms with Gasteiger partial charge < -0.3 is 15.2 Å². The summed E-state index contributed by atoms with van der Waals surface area (Å²) in [6.07, 6.45) is -5.80. The van der Waals surface area contributed by atoms with Crippen molar-refractivity contribution in [2.24, 2.45) is 0 Å². The molecule has 0 heterocycles. The third kappa shape index (κ3) is 7.34. The molecular formula is C16H20F3NO4. The molecule has 1 aromatic rings. The van der Waals surface area contributed by atoms with Gasteiger partial charge in [0, 0.05) is 6.04 Å². The van der Waals surface area contributed by atoms with Crippen molar-refractivity contribution in [3.63, 3.8) is 0 Å². The summed E-state index contributed by atoms with van der Waals surface area (Å²) in [6, 6.07) is 3.66. The fourth-order valence-electron chi connectivity index (χ4n) is 2.02. The zero-order valence-corrected chi connectivity index (χ0v) is 13.6. The minimum atomic E-state index is -4.49. The highest BCUT2D eigenvalue weighted by molar-refractivity contribution is 5.71. The SMILES string of the molecule is CC(C)(C)OC(=O)N[C@@H](CC(=O)O)Cc1cccc(C(F)(F)F)c1. The Labute approximate surface area is 137 Å². The summed E-state index contributed by atoms with van der Waals surface area (Å²) in [5, 5.41) is 11.3. The Kier molecular flexibility index (Phi) is 6.22. The number of halogens is 3. The van der Waals surface area contributed by atoms with Crippen molar-refractivity contribution >= 4 is 12.1 Å². The number of hydrogen-bond acceptors (Lipinski definition) is 3. The molecule has 5 nitrogen and oxygen atoms in total. The number of carbonyl (C=O) groups excluding carboxylic acids is 1. The monoisotopic (exact) mass is 347 g/mol. The molecule has 0 aromatic heterocycles. The highest BCUT2D eigenvalue weighted by atomic mass is 19.4. The van der Waals surface area contributed by atoms with Crippen LogP contribution in [-0.4, -0.2) is 28.8 Å². The van der Waals surface area contributed by atoms with E-state index in [0.29, 0.717) is 0 Å². The minimum Gasteiger partial charge on any atom is -0.481 e. The number of rotatable bonds is 5. The van der Waals surface area contributed by atoms with Gasteiger partial charge in [-0.05, 0) is 38.8 Å². The molecular weight excluding hydrogens is 327 g/mol. The number of carbonyl (C=O) groups is 2. The van der Waals surface area contributed by atoms with E-state index in [1.54, 1.807) is 20.8 Å². The molecule has 1 atom stereocenters. The average molecular weight is 347 g/mol. The van der Waals surface area contributed by atoms with Gasteiger partial charge in [0.05, 0.1) is 12.0 Å². The van der Waals surface area contributed by atoms with Crippen molar-refractivity contribution in [3.05, 3.63) is 35.4 Å². The van der Waals surface area contributed by atoms with Crippen molar-refractivity contribution in [2.75, 3.05) is 0 Å². The second kappa shape index (κ2) is 7.55. The zero-order valence-electron chi connectivity index (χ0n) is 13.6. The molecule has 1 rings (SSSR count). The third-order valence-electron chi connectivity index (χ3n) is 2.88. The van der Waals surface area contributed by atoms with Crippen molar-refractivity contribution < 1.29 is 32.6 Å². The van der Waals surface area contributed by atoms with Crippen LogP contribution in [0.15, 0.2) is 24.3 Å². The van der Waals surface area contributed by atoms with Crippen LogP contribution in [0, 0.1) is 0 Å². The molecule has 134 valence electrons. The second-order valence-corrected chi connectivity index (χ2v) is 6.34. The summed E-state index contributed by atoms with van der Waals surface area (Å²) in [4.78, 5) is 22.7. The maximum absolute atomic E-state index is 12.7. The lowest BCUT2D eigenvalue weighted by Crippen LogP contribution is -2.41. The molecule has 1 amide bonds. The molecule has 0 aliphatic heterocycles. The van der Waals surface area contributed by atoms with Crippen LogP contribution in [0.4, 0.5) is 18.0 Å². The van der Waals surface area contributed by atoms with E-state index < -0.39 is 41.9 Å². The molecule has 2 N–H and O–H groups in total. The van der Waals surface area contributed by atoms with Crippen LogP contribution in [0.3, 0.4) is 0 Å². The van der Waals surface area contributed by atoms with Crippen molar-refractivity contribution in [3.8, 4) is 0 Å². The first-order valence-electron chi connectivity index (χ1n) is 7.24. The second-order valence-electron chi connectivity index (χ2n) is 6.34. The Morgan fingerprint density at radius 3 is 2.38 bits per heavy atom. The number of alkyl carbamates (subject to hydrolysis) is 1. The first-order valence-corrected chi connectivity index (χ1v) is 7.24. The van der Waals surface area contributed by atoms with E-state index in [1.165, 1.54) is 12.1 Å². The van der Waals surface area contributed by atoms with Gasteiger partial charge in [-0.3, -0.25) is 4.79 Å². The summed E-state index contributed by atoms with van der Waals surface area (Å²) in [5.74, 6) is -1.18. The van der Waals surface area contributed by atoms with Crippen LogP contribution in [0.1, 0.15) is 38.3 Å². The Bertz CT molecular complexity index is 594. The predicted octanol–water partition coefficient (Wildman–Crippen LogP) is 3.62. The number of aliphatic carboxylic acids is 1. The summed E-state index contributed by atoms with van der Waals surface area (Å²) in [5.41, 5.74) is -1.33. The van der Waals surface area contributed by atoms with Crippen LogP contribution in [-0.2, 0) is 22.1 Å². The number of nitrogens with one attached hydrogen (secondary N) is 1. The summed E-state index contributed by atoms with van der Waals surface area (Å²) in [7, 11) is 0. The van der Waals surface area contributed by atoms with Crippen molar-refractivity contribution in [2.45, 2.75) is 51.4 Å². The highest BCUT2D eigenvalue weighted by Gasteiger charge is 2.30. The van der Waals surface area contributed by atoms with Gasteiger partial charge in [-0.15, -0.1) is 0 Å². The molecule has 0 radical (unpaired) electrons. The largest absolute Gasteiger partial charge is 0.481 e. The van der Waals surface area contributed by atoms with Gasteiger partial charge in [-0.2, -0.15) is 13.2 Å². The first kappa shape index (κ1) is 19.8. The van der Waals surface area contributed by atoms with Gasteiger partial charge in [-0.1, -0.05) is 18.2 Å². The van der Waals surface area contributed by atoms with Crippen LogP contribution in [0.25, 0.3) is 0 Å². The molecule has 0 saturated heterocycles. The first-order chi connectivity index (χ1) is 10.9. The Morgan fingerprint density at radius 1 is 1.25 bits per heavy atom. The maximum atomic E-state index is 12.7. The molecule has 0 unspecified atom stereocenters. The van der Waals surface area contributed by atoms with E-state index in [1.807, 2.05) is 0 Å². The van der Waals surface area contributed by atoms with E-state index in [4.69, 9.17) is 9.84 Å². The average Bonchev–Trinajstić information content (AvgIpc) is 2.34. The predicted molar refractivity (Wildman–Crippen MR) is 80.6 cm³/mol. The standard InChI is InChI=1S/C16H20F3NO4/c1-15(2,3)24-14(23)20-12(9-13(21)22)8-10-5-4-6-11(7-10)16(17,18)19/h4-7,12H,8-9H2,1-3H3,(H,20,23)(H,21,22)/t12-/m1/s1. The maximum Gasteiger partial charge on any atom is 0.416 e. The van der Waals surface area contributed by atoms with Gasteiger partial charge >= 0.3 is 18.2 Å². The number of alkyl halides is 3. The number of carboxylic acids is 1. The minimum absolute atomic E-state index is 0.0601. The topological polar surface area (TPSA) is 75.6 Å². The van der Waals surface area contributed by atoms with Crippen LogP contribution >= 0.6 is 0 Å². The number of amides is 1. The molecule has 0 fully saturated rings. The molecule has 0 spiro atoms. The number of ether oxygens (including phenoxy) is 1. The normalized spacial score (nSPS) is 13.2. The zero-order chi connectivity index (χ0) is 18.5. The highest BCUT2D eigenvalue weighted by Crippen LogP contribution is 2.29. The molecule has 0 aliphatic rings. The molecule has 0 saturated carbocycles.